The van der Waals surface area contributed by atoms with Crippen molar-refractivity contribution in [1.82, 2.24) is 9.97 Å². The number of anilines is 1. The third-order valence-corrected chi connectivity index (χ3v) is 4.29. The van der Waals surface area contributed by atoms with Crippen molar-refractivity contribution in [3.05, 3.63) is 48.0 Å². The summed E-state index contributed by atoms with van der Waals surface area (Å²) >= 11 is 0. The fourth-order valence-electron chi connectivity index (χ4n) is 2.63. The molecule has 0 aliphatic rings. The van der Waals surface area contributed by atoms with Gasteiger partial charge in [0.25, 0.3) is 0 Å². The number of hydrogen-bond donors (Lipinski definition) is 2. The highest BCUT2D eigenvalue weighted by Gasteiger charge is 2.31. The van der Waals surface area contributed by atoms with Gasteiger partial charge in [-0.2, -0.15) is 0 Å². The number of nitrogens with zero attached hydrogens (tertiary/aromatic N) is 1. The number of benzene rings is 2. The molecule has 1 heterocycles. The van der Waals surface area contributed by atoms with Crippen LogP contribution < -0.4 is 14.8 Å². The first-order valence-corrected chi connectivity index (χ1v) is 7.94. The van der Waals surface area contributed by atoms with Gasteiger partial charge in [0.05, 0.1) is 30.7 Å². The zero-order valence-electron chi connectivity index (χ0n) is 14.7. The van der Waals surface area contributed by atoms with E-state index in [1.807, 2.05) is 50.2 Å². The Hall–Kier alpha value is -3.02. The fourth-order valence-corrected chi connectivity index (χ4v) is 2.63. The molecule has 3 rings (SSSR count). The smallest absolute Gasteiger partial charge is 0.236 e. The Bertz CT molecular complexity index is 882. The number of hydrogen-bond acceptors (Lipinski definition) is 4. The molecule has 6 nitrogen and oxygen atoms in total. The number of methoxy groups -OCH3 is 2. The second kappa shape index (κ2) is 6.47. The summed E-state index contributed by atoms with van der Waals surface area (Å²) in [5, 5.41) is 2.86. The van der Waals surface area contributed by atoms with E-state index in [9.17, 15) is 4.79 Å². The Morgan fingerprint density at radius 1 is 1.08 bits per heavy atom. The predicted molar refractivity (Wildman–Crippen MR) is 97.3 cm³/mol. The number of ether oxygens (including phenoxy) is 2. The highest BCUT2D eigenvalue weighted by molar-refractivity contribution is 5.98. The van der Waals surface area contributed by atoms with Crippen LogP contribution in [0.15, 0.2) is 42.5 Å². The summed E-state index contributed by atoms with van der Waals surface area (Å²) in [6.45, 7) is 3.71. The minimum atomic E-state index is -0.779. The minimum Gasteiger partial charge on any atom is -0.493 e. The summed E-state index contributed by atoms with van der Waals surface area (Å²) in [6.07, 6.45) is 0. The van der Waals surface area contributed by atoms with Crippen LogP contribution in [0.2, 0.25) is 0 Å². The van der Waals surface area contributed by atoms with E-state index in [4.69, 9.17) is 9.47 Å². The molecule has 0 saturated carbocycles. The lowest BCUT2D eigenvalue weighted by atomic mass is 9.83. The largest absolute Gasteiger partial charge is 0.493 e. The van der Waals surface area contributed by atoms with Crippen LogP contribution in [-0.4, -0.2) is 30.1 Å². The molecule has 0 aliphatic carbocycles. The standard InChI is InChI=1S/C19H21N3O3/c1-19(2,12-9-10-15(24-3)16(11-12)25-4)17(23)22-18-20-13-7-5-6-8-14(13)21-18/h5-11H,1-4H3,(H2,20,21,22,23). The number of aromatic amines is 1. The molecule has 0 aliphatic heterocycles. The maximum absolute atomic E-state index is 12.8. The van der Waals surface area contributed by atoms with Crippen LogP contribution in [-0.2, 0) is 10.2 Å². The first-order chi connectivity index (χ1) is 12.0. The maximum atomic E-state index is 12.8. The van der Waals surface area contributed by atoms with Gasteiger partial charge in [-0.25, -0.2) is 4.98 Å². The van der Waals surface area contributed by atoms with Crippen molar-refractivity contribution in [2.45, 2.75) is 19.3 Å². The third kappa shape index (κ3) is 3.15. The Morgan fingerprint density at radius 3 is 2.48 bits per heavy atom. The molecule has 6 heteroatoms. The first kappa shape index (κ1) is 16.8. The number of carbonyl (C=O) groups excluding carboxylic acids is 1. The molecule has 0 spiro atoms. The van der Waals surface area contributed by atoms with E-state index in [2.05, 4.69) is 15.3 Å². The summed E-state index contributed by atoms with van der Waals surface area (Å²) in [5.41, 5.74) is 1.72. The van der Waals surface area contributed by atoms with E-state index in [-0.39, 0.29) is 5.91 Å². The highest BCUT2D eigenvalue weighted by atomic mass is 16.5. The van der Waals surface area contributed by atoms with Crippen molar-refractivity contribution in [2.75, 3.05) is 19.5 Å². The van der Waals surface area contributed by atoms with Gasteiger partial charge in [-0.3, -0.25) is 10.1 Å². The molecular weight excluding hydrogens is 318 g/mol. The van der Waals surface area contributed by atoms with Crippen molar-refractivity contribution in [1.29, 1.82) is 0 Å². The molecule has 0 fully saturated rings. The number of H-pyrrole nitrogens is 1. The second-order valence-electron chi connectivity index (χ2n) is 6.25. The topological polar surface area (TPSA) is 76.2 Å². The van der Waals surface area contributed by atoms with Crippen molar-refractivity contribution < 1.29 is 14.3 Å². The van der Waals surface area contributed by atoms with Crippen molar-refractivity contribution in [3.63, 3.8) is 0 Å². The molecule has 1 aromatic heterocycles. The molecule has 1 amide bonds. The maximum Gasteiger partial charge on any atom is 0.236 e. The van der Waals surface area contributed by atoms with Gasteiger partial charge in [0.2, 0.25) is 11.9 Å². The van der Waals surface area contributed by atoms with E-state index >= 15 is 0 Å². The Labute approximate surface area is 146 Å². The number of fused-ring (bicyclic) bond motifs is 1. The monoisotopic (exact) mass is 339 g/mol. The van der Waals surface area contributed by atoms with Crippen LogP contribution in [0, 0.1) is 0 Å². The van der Waals surface area contributed by atoms with Crippen LogP contribution in [0.25, 0.3) is 11.0 Å². The van der Waals surface area contributed by atoms with Crippen LogP contribution >= 0.6 is 0 Å². The highest BCUT2D eigenvalue weighted by Crippen LogP contribution is 2.33. The third-order valence-electron chi connectivity index (χ3n) is 4.29. The lowest BCUT2D eigenvalue weighted by molar-refractivity contribution is -0.120. The van der Waals surface area contributed by atoms with Gasteiger partial charge < -0.3 is 14.5 Å². The molecular formula is C19H21N3O3. The molecule has 25 heavy (non-hydrogen) atoms. The number of aromatic nitrogens is 2. The molecule has 2 aromatic carbocycles. The molecule has 0 saturated heterocycles. The van der Waals surface area contributed by atoms with Gasteiger partial charge in [-0.1, -0.05) is 18.2 Å². The van der Waals surface area contributed by atoms with E-state index < -0.39 is 5.41 Å². The van der Waals surface area contributed by atoms with Gasteiger partial charge in [-0.15, -0.1) is 0 Å². The zero-order chi connectivity index (χ0) is 18.0. The number of nitrogens with one attached hydrogen (secondary N) is 2. The molecule has 0 bridgehead atoms. The lowest BCUT2D eigenvalue weighted by Crippen LogP contribution is -2.35. The summed E-state index contributed by atoms with van der Waals surface area (Å²) in [7, 11) is 3.15. The van der Waals surface area contributed by atoms with Gasteiger partial charge in [-0.05, 0) is 43.7 Å². The average Bonchev–Trinajstić information content (AvgIpc) is 3.03. The van der Waals surface area contributed by atoms with E-state index in [1.54, 1.807) is 20.3 Å². The normalized spacial score (nSPS) is 11.4. The van der Waals surface area contributed by atoms with Crippen LogP contribution in [0.1, 0.15) is 19.4 Å². The van der Waals surface area contributed by atoms with E-state index in [0.29, 0.717) is 17.4 Å². The number of para-hydroxylation sites is 2. The van der Waals surface area contributed by atoms with Crippen molar-refractivity contribution >= 4 is 22.9 Å². The minimum absolute atomic E-state index is 0.168. The van der Waals surface area contributed by atoms with Crippen LogP contribution in [0.3, 0.4) is 0 Å². The van der Waals surface area contributed by atoms with Gasteiger partial charge in [0.1, 0.15) is 0 Å². The summed E-state index contributed by atoms with van der Waals surface area (Å²) in [6, 6.07) is 13.1. The second-order valence-corrected chi connectivity index (χ2v) is 6.25. The molecule has 0 atom stereocenters. The number of imidazole rings is 1. The quantitative estimate of drug-likeness (QED) is 0.746. The van der Waals surface area contributed by atoms with Gasteiger partial charge in [0.15, 0.2) is 11.5 Å². The Morgan fingerprint density at radius 2 is 1.80 bits per heavy atom. The van der Waals surface area contributed by atoms with E-state index in [1.165, 1.54) is 0 Å². The van der Waals surface area contributed by atoms with Crippen molar-refractivity contribution in [3.8, 4) is 11.5 Å². The average molecular weight is 339 g/mol. The molecule has 130 valence electrons. The molecule has 2 N–H and O–H groups in total. The molecule has 0 unspecified atom stereocenters. The number of amides is 1. The lowest BCUT2D eigenvalue weighted by Gasteiger charge is -2.24. The SMILES string of the molecule is COc1ccc(C(C)(C)C(=O)Nc2nc3ccccc3[nH]2)cc1OC. The van der Waals surface area contributed by atoms with Crippen LogP contribution in [0.4, 0.5) is 5.95 Å². The van der Waals surface area contributed by atoms with Crippen LogP contribution in [0.5, 0.6) is 11.5 Å². The number of carbonyl (C=O) groups is 1. The Kier molecular flexibility index (Phi) is 4.35. The summed E-state index contributed by atoms with van der Waals surface area (Å²) in [5.74, 6) is 1.47. The molecule has 0 radical (unpaired) electrons. The van der Waals surface area contributed by atoms with E-state index in [0.717, 1.165) is 16.6 Å². The fraction of sp³-hybridized carbons (Fsp3) is 0.263. The number of rotatable bonds is 5. The Balaban J connectivity index is 1.87. The van der Waals surface area contributed by atoms with Gasteiger partial charge >= 0.3 is 0 Å². The van der Waals surface area contributed by atoms with Gasteiger partial charge in [0, 0.05) is 0 Å². The summed E-state index contributed by atoms with van der Waals surface area (Å²) < 4.78 is 10.6. The molecule has 3 aromatic rings. The van der Waals surface area contributed by atoms with Crippen molar-refractivity contribution in [2.24, 2.45) is 0 Å². The predicted octanol–water partition coefficient (Wildman–Crippen LogP) is 3.50. The first-order valence-electron chi connectivity index (χ1n) is 7.94. The zero-order valence-corrected chi connectivity index (χ0v) is 14.7. The summed E-state index contributed by atoms with van der Waals surface area (Å²) in [4.78, 5) is 20.3.